The molecule has 0 aromatic heterocycles. The van der Waals surface area contributed by atoms with E-state index in [0.29, 0.717) is 17.5 Å². The highest BCUT2D eigenvalue weighted by molar-refractivity contribution is 6.22. The highest BCUT2D eigenvalue weighted by Gasteiger charge is 2.67. The molecule has 1 aliphatic heterocycles. The van der Waals surface area contributed by atoms with Gasteiger partial charge in [-0.2, -0.15) is 0 Å². The fourth-order valence-electron chi connectivity index (χ4n) is 2.31. The maximum Gasteiger partial charge on any atom is 0.198 e. The number of ketones is 2. The normalized spacial score (nSPS) is 32.2. The van der Waals surface area contributed by atoms with E-state index in [2.05, 4.69) is 0 Å². The van der Waals surface area contributed by atoms with Gasteiger partial charge in [-0.05, 0) is 6.42 Å². The van der Waals surface area contributed by atoms with Crippen LogP contribution in [0, 0.1) is 0 Å². The van der Waals surface area contributed by atoms with Crippen LogP contribution in [-0.4, -0.2) is 23.3 Å². The Morgan fingerprint density at radius 2 is 1.93 bits per heavy atom. The second-order valence-electron chi connectivity index (χ2n) is 3.98. The Morgan fingerprint density at radius 1 is 1.27 bits per heavy atom. The minimum absolute atomic E-state index is 0.0369. The van der Waals surface area contributed by atoms with Gasteiger partial charge in [0.15, 0.2) is 23.3 Å². The zero-order chi connectivity index (χ0) is 10.6. The molecule has 1 heterocycles. The van der Waals surface area contributed by atoms with Gasteiger partial charge in [-0.15, -0.1) is 0 Å². The predicted octanol–water partition coefficient (Wildman–Crippen LogP) is 1.61. The minimum atomic E-state index is -0.828. The van der Waals surface area contributed by atoms with Crippen molar-refractivity contribution in [2.75, 3.05) is 0 Å². The van der Waals surface area contributed by atoms with Gasteiger partial charge in [0.2, 0.25) is 0 Å². The third kappa shape index (κ3) is 0.887. The first-order chi connectivity index (χ1) is 7.20. The van der Waals surface area contributed by atoms with Crippen LogP contribution in [0.2, 0.25) is 0 Å². The van der Waals surface area contributed by atoms with Crippen LogP contribution >= 0.6 is 0 Å². The summed E-state index contributed by atoms with van der Waals surface area (Å²) in [6, 6.07) is 6.93. The van der Waals surface area contributed by atoms with Gasteiger partial charge in [-0.1, -0.05) is 31.2 Å². The molecule has 1 aromatic rings. The molecule has 0 N–H and O–H groups in total. The molecule has 1 fully saturated rings. The van der Waals surface area contributed by atoms with Gasteiger partial charge in [0.05, 0.1) is 0 Å². The zero-order valence-corrected chi connectivity index (χ0v) is 8.32. The molecule has 1 aromatic carbocycles. The van der Waals surface area contributed by atoms with Crippen molar-refractivity contribution in [3.8, 4) is 0 Å². The molecule has 3 heteroatoms. The molecule has 2 aliphatic rings. The van der Waals surface area contributed by atoms with Gasteiger partial charge in [-0.25, -0.2) is 0 Å². The number of epoxide rings is 1. The fraction of sp³-hybridized carbons (Fsp3) is 0.333. The van der Waals surface area contributed by atoms with E-state index in [4.69, 9.17) is 4.74 Å². The van der Waals surface area contributed by atoms with Crippen LogP contribution in [0.4, 0.5) is 0 Å². The van der Waals surface area contributed by atoms with Gasteiger partial charge in [0.1, 0.15) is 0 Å². The molecule has 2 unspecified atom stereocenters. The Hall–Kier alpha value is -1.48. The lowest BCUT2D eigenvalue weighted by Crippen LogP contribution is -2.36. The van der Waals surface area contributed by atoms with E-state index >= 15 is 0 Å². The Labute approximate surface area is 87.0 Å². The highest BCUT2D eigenvalue weighted by atomic mass is 16.6. The zero-order valence-electron chi connectivity index (χ0n) is 8.32. The van der Waals surface area contributed by atoms with Crippen molar-refractivity contribution in [2.24, 2.45) is 0 Å². The minimum Gasteiger partial charge on any atom is -0.349 e. The number of hydrogen-bond acceptors (Lipinski definition) is 3. The molecule has 3 nitrogen and oxygen atoms in total. The molecule has 76 valence electrons. The van der Waals surface area contributed by atoms with Crippen LogP contribution < -0.4 is 0 Å². The standard InChI is InChI=1S/C12H10O3/c1-2-12-10(14)8-6-4-3-5-7(8)9(13)11(12)15-12/h3-6,11H,2H2,1H3. The largest absolute Gasteiger partial charge is 0.349 e. The second kappa shape index (κ2) is 2.55. The molecule has 15 heavy (non-hydrogen) atoms. The summed E-state index contributed by atoms with van der Waals surface area (Å²) >= 11 is 0. The smallest absolute Gasteiger partial charge is 0.198 e. The second-order valence-corrected chi connectivity index (χ2v) is 3.98. The maximum atomic E-state index is 12.1. The molecule has 1 aliphatic carbocycles. The van der Waals surface area contributed by atoms with Crippen molar-refractivity contribution in [1.29, 1.82) is 0 Å². The van der Waals surface area contributed by atoms with E-state index in [1.807, 2.05) is 6.92 Å². The summed E-state index contributed by atoms with van der Waals surface area (Å²) in [5.74, 6) is -0.0859. The highest BCUT2D eigenvalue weighted by Crippen LogP contribution is 2.48. The van der Waals surface area contributed by atoms with Gasteiger partial charge in [-0.3, -0.25) is 9.59 Å². The van der Waals surface area contributed by atoms with Crippen molar-refractivity contribution in [3.05, 3.63) is 35.4 Å². The number of Topliss-reactive ketones (excluding diaryl/α,β-unsaturated/α-hetero) is 2. The summed E-state index contributed by atoms with van der Waals surface area (Å²) in [4.78, 5) is 24.0. The van der Waals surface area contributed by atoms with Crippen molar-refractivity contribution in [1.82, 2.24) is 0 Å². The van der Waals surface area contributed by atoms with Gasteiger partial charge in [0.25, 0.3) is 0 Å². The lowest BCUT2D eigenvalue weighted by atomic mass is 9.80. The Balaban J connectivity index is 2.21. The average molecular weight is 202 g/mol. The number of hydrogen-bond donors (Lipinski definition) is 0. The monoisotopic (exact) mass is 202 g/mol. The average Bonchev–Trinajstić information content (AvgIpc) is 3.03. The number of ether oxygens (including phenoxy) is 1. The first kappa shape index (κ1) is 8.80. The Kier molecular flexibility index (Phi) is 1.50. The molecule has 2 atom stereocenters. The number of benzene rings is 1. The molecule has 0 saturated carbocycles. The van der Waals surface area contributed by atoms with E-state index in [1.165, 1.54) is 0 Å². The lowest BCUT2D eigenvalue weighted by molar-refractivity contribution is 0.0857. The summed E-state index contributed by atoms with van der Waals surface area (Å²) in [7, 11) is 0. The van der Waals surface area contributed by atoms with Crippen LogP contribution in [0.5, 0.6) is 0 Å². The SMILES string of the molecule is CCC12OC1C(=O)c1ccccc1C2=O. The quantitative estimate of drug-likeness (QED) is 0.650. The third-order valence-electron chi connectivity index (χ3n) is 3.28. The van der Waals surface area contributed by atoms with E-state index < -0.39 is 11.7 Å². The van der Waals surface area contributed by atoms with E-state index in [1.54, 1.807) is 24.3 Å². The molecule has 1 saturated heterocycles. The van der Waals surface area contributed by atoms with Crippen molar-refractivity contribution < 1.29 is 14.3 Å². The van der Waals surface area contributed by atoms with E-state index in [-0.39, 0.29) is 11.6 Å². The summed E-state index contributed by atoms with van der Waals surface area (Å²) in [5, 5.41) is 0. The van der Waals surface area contributed by atoms with Crippen molar-refractivity contribution >= 4 is 11.6 Å². The number of rotatable bonds is 1. The van der Waals surface area contributed by atoms with Gasteiger partial charge in [0, 0.05) is 11.1 Å². The summed E-state index contributed by atoms with van der Waals surface area (Å²) < 4.78 is 5.32. The maximum absolute atomic E-state index is 12.1. The van der Waals surface area contributed by atoms with Crippen LogP contribution in [0.15, 0.2) is 24.3 Å². The number of fused-ring (bicyclic) bond motifs is 2. The Morgan fingerprint density at radius 3 is 2.60 bits per heavy atom. The van der Waals surface area contributed by atoms with Crippen molar-refractivity contribution in [3.63, 3.8) is 0 Å². The van der Waals surface area contributed by atoms with Crippen molar-refractivity contribution in [2.45, 2.75) is 25.0 Å². The van der Waals surface area contributed by atoms with Crippen LogP contribution in [0.25, 0.3) is 0 Å². The van der Waals surface area contributed by atoms with Gasteiger partial charge < -0.3 is 4.74 Å². The summed E-state index contributed by atoms with van der Waals surface area (Å²) in [5.41, 5.74) is 0.193. The topological polar surface area (TPSA) is 46.7 Å². The van der Waals surface area contributed by atoms with Crippen LogP contribution in [0.3, 0.4) is 0 Å². The summed E-state index contributed by atoms with van der Waals surface area (Å²) in [6.07, 6.45) is 0.0428. The number of carbonyl (C=O) groups is 2. The van der Waals surface area contributed by atoms with Crippen LogP contribution in [0.1, 0.15) is 34.1 Å². The molecule has 0 spiro atoms. The molecule has 0 amide bonds. The molecular formula is C12H10O3. The summed E-state index contributed by atoms with van der Waals surface area (Å²) in [6.45, 7) is 1.87. The molecule has 0 radical (unpaired) electrons. The third-order valence-corrected chi connectivity index (χ3v) is 3.28. The van der Waals surface area contributed by atoms with Gasteiger partial charge >= 0.3 is 0 Å². The molecule has 0 bridgehead atoms. The number of carbonyl (C=O) groups excluding carboxylic acids is 2. The Bertz CT molecular complexity index is 478. The molecule has 3 rings (SSSR count). The molecular weight excluding hydrogens is 192 g/mol. The van der Waals surface area contributed by atoms with Crippen LogP contribution in [-0.2, 0) is 4.74 Å². The first-order valence-corrected chi connectivity index (χ1v) is 5.06. The lowest BCUT2D eigenvalue weighted by Gasteiger charge is -2.16. The first-order valence-electron chi connectivity index (χ1n) is 5.06. The fourth-order valence-corrected chi connectivity index (χ4v) is 2.31. The predicted molar refractivity (Wildman–Crippen MR) is 53.0 cm³/mol. The van der Waals surface area contributed by atoms with E-state index in [9.17, 15) is 9.59 Å². The van der Waals surface area contributed by atoms with E-state index in [0.717, 1.165) is 0 Å².